The molecule has 0 saturated heterocycles. The number of halogens is 1. The van der Waals surface area contributed by atoms with Crippen molar-refractivity contribution >= 4 is 23.0 Å². The average molecular weight is 385 g/mol. The molecule has 1 heterocycles. The van der Waals surface area contributed by atoms with Crippen LogP contribution in [0, 0.1) is 5.82 Å². The van der Waals surface area contributed by atoms with E-state index in [4.69, 9.17) is 10.2 Å². The van der Waals surface area contributed by atoms with E-state index in [-0.39, 0.29) is 11.3 Å². The number of benzene rings is 2. The van der Waals surface area contributed by atoms with Gasteiger partial charge in [-0.05, 0) is 67.8 Å². The molecule has 28 heavy (non-hydrogen) atoms. The summed E-state index contributed by atoms with van der Waals surface area (Å²) >= 11 is 0. The van der Waals surface area contributed by atoms with E-state index in [1.54, 1.807) is 26.0 Å². The Labute approximate surface area is 160 Å². The van der Waals surface area contributed by atoms with Gasteiger partial charge in [0.2, 0.25) is 0 Å². The lowest BCUT2D eigenvalue weighted by molar-refractivity contribution is 0.0640. The Morgan fingerprint density at radius 1 is 1.21 bits per heavy atom. The summed E-state index contributed by atoms with van der Waals surface area (Å²) < 4.78 is 23.8. The van der Waals surface area contributed by atoms with Crippen molar-refractivity contribution in [2.24, 2.45) is 5.73 Å². The van der Waals surface area contributed by atoms with Crippen LogP contribution in [0.4, 0.5) is 9.18 Å². The molecule has 3 rings (SSSR count). The number of carbonyl (C=O) groups is 2. The predicted molar refractivity (Wildman–Crippen MR) is 101 cm³/mol. The SMILES string of the molecule is CCc1cc2c(C(=O)OC(N)=O)c(-c3ccc(F)cc3)oc2cc1C(C)(C)O. The number of primary amides is 1. The topological polar surface area (TPSA) is 103 Å². The maximum Gasteiger partial charge on any atom is 0.412 e. The number of aliphatic hydroxyl groups is 1. The van der Waals surface area contributed by atoms with E-state index in [2.05, 4.69) is 4.74 Å². The van der Waals surface area contributed by atoms with Crippen LogP contribution in [-0.4, -0.2) is 17.2 Å². The summed E-state index contributed by atoms with van der Waals surface area (Å²) in [5.74, 6) is -1.29. The van der Waals surface area contributed by atoms with E-state index >= 15 is 0 Å². The van der Waals surface area contributed by atoms with Gasteiger partial charge in [0, 0.05) is 10.9 Å². The summed E-state index contributed by atoms with van der Waals surface area (Å²) in [6.45, 7) is 5.22. The summed E-state index contributed by atoms with van der Waals surface area (Å²) in [7, 11) is 0. The van der Waals surface area contributed by atoms with E-state index in [1.165, 1.54) is 24.3 Å². The Morgan fingerprint density at radius 2 is 1.86 bits per heavy atom. The number of carbonyl (C=O) groups excluding carboxylic acids is 2. The number of rotatable bonds is 4. The lowest BCUT2D eigenvalue weighted by Gasteiger charge is -2.21. The van der Waals surface area contributed by atoms with Crippen LogP contribution in [-0.2, 0) is 16.8 Å². The molecular formula is C21H20FNO5. The molecule has 2 aromatic carbocycles. The Morgan fingerprint density at radius 3 is 2.39 bits per heavy atom. The molecule has 0 radical (unpaired) electrons. The second-order valence-corrected chi connectivity index (χ2v) is 6.94. The van der Waals surface area contributed by atoms with E-state index in [0.29, 0.717) is 28.5 Å². The minimum Gasteiger partial charge on any atom is -0.455 e. The van der Waals surface area contributed by atoms with Gasteiger partial charge in [-0.2, -0.15) is 0 Å². The molecule has 0 bridgehead atoms. The smallest absolute Gasteiger partial charge is 0.412 e. The zero-order valence-electron chi connectivity index (χ0n) is 15.7. The maximum atomic E-state index is 13.3. The summed E-state index contributed by atoms with van der Waals surface area (Å²) in [5, 5.41) is 10.9. The van der Waals surface area contributed by atoms with Crippen molar-refractivity contribution in [1.82, 2.24) is 0 Å². The quantitative estimate of drug-likeness (QED) is 0.516. The molecule has 1 aromatic heterocycles. The Balaban J connectivity index is 2.33. The van der Waals surface area contributed by atoms with Gasteiger partial charge in [0.25, 0.3) is 0 Å². The molecule has 0 atom stereocenters. The molecule has 146 valence electrons. The molecule has 0 spiro atoms. The zero-order valence-corrected chi connectivity index (χ0v) is 15.7. The zero-order chi connectivity index (χ0) is 20.6. The molecule has 0 saturated carbocycles. The summed E-state index contributed by atoms with van der Waals surface area (Å²) in [6.07, 6.45) is -0.648. The molecule has 0 unspecified atom stereocenters. The number of hydrogen-bond donors (Lipinski definition) is 2. The summed E-state index contributed by atoms with van der Waals surface area (Å²) in [4.78, 5) is 23.7. The third-order valence-corrected chi connectivity index (χ3v) is 4.46. The maximum absolute atomic E-state index is 13.3. The van der Waals surface area contributed by atoms with Gasteiger partial charge in [0.1, 0.15) is 22.7 Å². The van der Waals surface area contributed by atoms with Crippen molar-refractivity contribution in [3.63, 3.8) is 0 Å². The highest BCUT2D eigenvalue weighted by atomic mass is 19.1. The van der Waals surface area contributed by atoms with Gasteiger partial charge >= 0.3 is 12.1 Å². The first kappa shape index (κ1) is 19.6. The Bertz CT molecular complexity index is 1060. The normalized spacial score (nSPS) is 11.6. The van der Waals surface area contributed by atoms with E-state index < -0.39 is 23.5 Å². The van der Waals surface area contributed by atoms with Crippen LogP contribution in [0.3, 0.4) is 0 Å². The first-order chi connectivity index (χ1) is 13.1. The van der Waals surface area contributed by atoms with Crippen LogP contribution in [0.1, 0.15) is 42.3 Å². The van der Waals surface area contributed by atoms with Gasteiger partial charge in [-0.25, -0.2) is 14.0 Å². The molecule has 6 nitrogen and oxygen atoms in total. The number of fused-ring (bicyclic) bond motifs is 1. The van der Waals surface area contributed by atoms with Gasteiger partial charge < -0.3 is 20.0 Å². The molecular weight excluding hydrogens is 365 g/mol. The standard InChI is InChI=1S/C21H20FNO5/c1-4-11-9-14-16(10-15(11)21(2,3)26)27-18(12-5-7-13(22)8-6-12)17(14)19(24)28-20(23)25/h5-10,26H,4H2,1-3H3,(H2,23,25). The summed E-state index contributed by atoms with van der Waals surface area (Å²) in [6, 6.07) is 8.73. The van der Waals surface area contributed by atoms with Crippen molar-refractivity contribution in [2.75, 3.05) is 0 Å². The van der Waals surface area contributed by atoms with Gasteiger partial charge in [0.05, 0.1) is 5.60 Å². The van der Waals surface area contributed by atoms with Crippen LogP contribution in [0.25, 0.3) is 22.3 Å². The highest BCUT2D eigenvalue weighted by molar-refractivity contribution is 6.11. The highest BCUT2D eigenvalue weighted by Crippen LogP contribution is 2.38. The van der Waals surface area contributed by atoms with Crippen molar-refractivity contribution in [2.45, 2.75) is 32.8 Å². The monoisotopic (exact) mass is 385 g/mol. The van der Waals surface area contributed by atoms with Gasteiger partial charge in [-0.15, -0.1) is 0 Å². The molecule has 3 N–H and O–H groups in total. The third kappa shape index (κ3) is 3.61. The van der Waals surface area contributed by atoms with Gasteiger partial charge in [-0.3, -0.25) is 0 Å². The van der Waals surface area contributed by atoms with Crippen LogP contribution < -0.4 is 5.73 Å². The summed E-state index contributed by atoms with van der Waals surface area (Å²) in [5.41, 5.74) is 6.08. The average Bonchev–Trinajstić information content (AvgIpc) is 2.98. The first-order valence-electron chi connectivity index (χ1n) is 8.71. The largest absolute Gasteiger partial charge is 0.455 e. The number of furan rings is 1. The minimum absolute atomic E-state index is 0.0115. The van der Waals surface area contributed by atoms with E-state index in [9.17, 15) is 19.1 Å². The van der Waals surface area contributed by atoms with Crippen molar-refractivity contribution in [1.29, 1.82) is 0 Å². The molecule has 0 aliphatic heterocycles. The first-order valence-corrected chi connectivity index (χ1v) is 8.71. The van der Waals surface area contributed by atoms with E-state index in [1.807, 2.05) is 6.92 Å². The molecule has 0 aliphatic carbocycles. The Kier molecular flexibility index (Phi) is 4.95. The number of nitrogens with two attached hydrogens (primary N) is 1. The minimum atomic E-state index is -1.24. The number of ether oxygens (including phenoxy) is 1. The molecule has 0 aliphatic rings. The predicted octanol–water partition coefficient (Wildman–Crippen LogP) is 4.26. The van der Waals surface area contributed by atoms with Crippen molar-refractivity contribution in [3.8, 4) is 11.3 Å². The van der Waals surface area contributed by atoms with Crippen molar-refractivity contribution in [3.05, 3.63) is 58.9 Å². The lowest BCUT2D eigenvalue weighted by atomic mass is 9.90. The van der Waals surface area contributed by atoms with Crippen LogP contribution in [0.15, 0.2) is 40.8 Å². The number of aryl methyl sites for hydroxylation is 1. The van der Waals surface area contributed by atoms with Gasteiger partial charge in [-0.1, -0.05) is 6.92 Å². The van der Waals surface area contributed by atoms with Crippen LogP contribution in [0.2, 0.25) is 0 Å². The van der Waals surface area contributed by atoms with Crippen LogP contribution in [0.5, 0.6) is 0 Å². The molecule has 7 heteroatoms. The molecule has 0 fully saturated rings. The van der Waals surface area contributed by atoms with Gasteiger partial charge in [0.15, 0.2) is 0 Å². The Hall–Kier alpha value is -3.19. The second kappa shape index (κ2) is 7.09. The third-order valence-electron chi connectivity index (χ3n) is 4.46. The number of hydrogen-bond acceptors (Lipinski definition) is 5. The van der Waals surface area contributed by atoms with Crippen molar-refractivity contribution < 1.29 is 28.2 Å². The fourth-order valence-electron chi connectivity index (χ4n) is 3.20. The fourth-order valence-corrected chi connectivity index (χ4v) is 3.20. The number of amides is 1. The molecule has 3 aromatic rings. The lowest BCUT2D eigenvalue weighted by Crippen LogP contribution is -2.19. The highest BCUT2D eigenvalue weighted by Gasteiger charge is 2.28. The van der Waals surface area contributed by atoms with E-state index in [0.717, 1.165) is 5.56 Å². The number of esters is 1. The van der Waals surface area contributed by atoms with Crippen LogP contribution >= 0.6 is 0 Å². The molecule has 1 amide bonds. The fraction of sp³-hybridized carbons (Fsp3) is 0.238. The second-order valence-electron chi connectivity index (χ2n) is 6.94.